The van der Waals surface area contributed by atoms with E-state index in [-0.39, 0.29) is 17.6 Å². The van der Waals surface area contributed by atoms with Crippen LogP contribution in [0.25, 0.3) is 0 Å². The molecule has 0 aromatic heterocycles. The van der Waals surface area contributed by atoms with Crippen molar-refractivity contribution >= 4 is 5.91 Å². The minimum absolute atomic E-state index is 0.0661. The summed E-state index contributed by atoms with van der Waals surface area (Å²) in [6.07, 6.45) is 0.668. The molecule has 0 atom stereocenters. The van der Waals surface area contributed by atoms with Crippen molar-refractivity contribution in [3.05, 3.63) is 29.8 Å². The fraction of sp³-hybridized carbons (Fsp3) is 0.462. The Labute approximate surface area is 110 Å². The lowest BCUT2D eigenvalue weighted by atomic mass is 10.0. The molecule has 1 saturated heterocycles. The third-order valence-corrected chi connectivity index (χ3v) is 3.01. The number of alkyl halides is 2. The van der Waals surface area contributed by atoms with E-state index >= 15 is 0 Å². The Morgan fingerprint density at radius 2 is 2.05 bits per heavy atom. The van der Waals surface area contributed by atoms with Crippen LogP contribution in [0, 0.1) is 5.92 Å². The van der Waals surface area contributed by atoms with E-state index in [9.17, 15) is 13.6 Å². The van der Waals surface area contributed by atoms with Crippen LogP contribution >= 0.6 is 0 Å². The summed E-state index contributed by atoms with van der Waals surface area (Å²) < 4.78 is 28.2. The van der Waals surface area contributed by atoms with Crippen LogP contribution in [0.4, 0.5) is 8.78 Å². The first-order chi connectivity index (χ1) is 9.15. The first kappa shape index (κ1) is 13.7. The number of nitrogens with one attached hydrogen (secondary N) is 2. The quantitative estimate of drug-likeness (QED) is 0.815. The molecule has 4 nitrogen and oxygen atoms in total. The van der Waals surface area contributed by atoms with E-state index in [2.05, 4.69) is 15.4 Å². The largest absolute Gasteiger partial charge is 0.435 e. The van der Waals surface area contributed by atoms with Gasteiger partial charge in [0, 0.05) is 19.6 Å². The van der Waals surface area contributed by atoms with Gasteiger partial charge in [-0.25, -0.2) is 0 Å². The Balaban J connectivity index is 1.72. The van der Waals surface area contributed by atoms with Crippen molar-refractivity contribution in [3.63, 3.8) is 0 Å². The summed E-state index contributed by atoms with van der Waals surface area (Å²) in [6.45, 7) is -0.775. The molecule has 19 heavy (non-hydrogen) atoms. The number of rotatable bonds is 6. The van der Waals surface area contributed by atoms with Crippen LogP contribution in [0.5, 0.6) is 5.75 Å². The van der Waals surface area contributed by atoms with E-state index in [0.717, 1.165) is 18.7 Å². The Kier molecular flexibility index (Phi) is 4.68. The molecule has 6 heteroatoms. The second-order valence-electron chi connectivity index (χ2n) is 4.42. The van der Waals surface area contributed by atoms with Crippen LogP contribution in [0.15, 0.2) is 24.3 Å². The highest BCUT2D eigenvalue weighted by Crippen LogP contribution is 2.15. The Morgan fingerprint density at radius 3 is 2.58 bits per heavy atom. The minimum Gasteiger partial charge on any atom is -0.435 e. The molecule has 2 rings (SSSR count). The molecule has 1 fully saturated rings. The molecule has 2 N–H and O–H groups in total. The zero-order chi connectivity index (χ0) is 13.7. The van der Waals surface area contributed by atoms with Gasteiger partial charge in [-0.2, -0.15) is 8.78 Å². The lowest BCUT2D eigenvalue weighted by Gasteiger charge is -2.25. The number of hydrogen-bond acceptors (Lipinski definition) is 3. The molecule has 104 valence electrons. The van der Waals surface area contributed by atoms with Gasteiger partial charge in [0.25, 0.3) is 0 Å². The van der Waals surface area contributed by atoms with Gasteiger partial charge in [0.05, 0.1) is 5.92 Å². The highest BCUT2D eigenvalue weighted by Gasteiger charge is 2.23. The molecule has 1 aliphatic rings. The molecule has 0 saturated carbocycles. The molecule has 0 spiro atoms. The lowest BCUT2D eigenvalue weighted by molar-refractivity contribution is -0.126. The summed E-state index contributed by atoms with van der Waals surface area (Å²) >= 11 is 0. The molecular formula is C13H16F2N2O2. The van der Waals surface area contributed by atoms with Gasteiger partial charge < -0.3 is 15.4 Å². The van der Waals surface area contributed by atoms with E-state index in [1.807, 2.05) is 0 Å². The fourth-order valence-corrected chi connectivity index (χ4v) is 1.79. The van der Waals surface area contributed by atoms with Crippen LogP contribution in [-0.4, -0.2) is 32.2 Å². The Hall–Kier alpha value is -1.69. The van der Waals surface area contributed by atoms with E-state index in [4.69, 9.17) is 0 Å². The summed E-state index contributed by atoms with van der Waals surface area (Å²) in [7, 11) is 0. The molecule has 1 aliphatic heterocycles. The van der Waals surface area contributed by atoms with Crippen LogP contribution in [0.1, 0.15) is 5.56 Å². The van der Waals surface area contributed by atoms with Gasteiger partial charge in [-0.3, -0.25) is 4.79 Å². The summed E-state index contributed by atoms with van der Waals surface area (Å²) in [5, 5.41) is 5.89. The predicted molar refractivity (Wildman–Crippen MR) is 66.1 cm³/mol. The van der Waals surface area contributed by atoms with Gasteiger partial charge in [0.2, 0.25) is 5.91 Å². The minimum atomic E-state index is -2.80. The summed E-state index contributed by atoms with van der Waals surface area (Å²) in [4.78, 5) is 11.5. The van der Waals surface area contributed by atoms with Crippen molar-refractivity contribution in [1.82, 2.24) is 10.6 Å². The number of benzene rings is 1. The van der Waals surface area contributed by atoms with Gasteiger partial charge in [0.15, 0.2) is 0 Å². The van der Waals surface area contributed by atoms with E-state index < -0.39 is 6.61 Å². The summed E-state index contributed by atoms with van der Waals surface area (Å²) in [5.41, 5.74) is 0.966. The second-order valence-corrected chi connectivity index (χ2v) is 4.42. The van der Waals surface area contributed by atoms with Gasteiger partial charge in [-0.05, 0) is 24.1 Å². The van der Waals surface area contributed by atoms with E-state index in [1.165, 1.54) is 12.1 Å². The predicted octanol–water partition coefficient (Wildman–Crippen LogP) is 1.17. The van der Waals surface area contributed by atoms with Crippen molar-refractivity contribution in [3.8, 4) is 5.75 Å². The Morgan fingerprint density at radius 1 is 1.37 bits per heavy atom. The molecule has 0 aliphatic carbocycles. The smallest absolute Gasteiger partial charge is 0.387 e. The summed E-state index contributed by atoms with van der Waals surface area (Å²) in [5.74, 6) is 0.293. The fourth-order valence-electron chi connectivity index (χ4n) is 1.79. The third kappa shape index (κ3) is 4.17. The zero-order valence-corrected chi connectivity index (χ0v) is 10.4. The Bertz CT molecular complexity index is 419. The molecule has 1 amide bonds. The number of carbonyl (C=O) groups excluding carboxylic acids is 1. The SMILES string of the molecule is O=C(NCCc1ccc(OC(F)F)cc1)C1CNC1. The molecule has 0 bridgehead atoms. The first-order valence-corrected chi connectivity index (χ1v) is 6.17. The molecule has 1 aromatic carbocycles. The van der Waals surface area contributed by atoms with Crippen molar-refractivity contribution in [2.45, 2.75) is 13.0 Å². The molecular weight excluding hydrogens is 254 g/mol. The van der Waals surface area contributed by atoms with Gasteiger partial charge in [-0.15, -0.1) is 0 Å². The van der Waals surface area contributed by atoms with Crippen molar-refractivity contribution < 1.29 is 18.3 Å². The maximum absolute atomic E-state index is 12.0. The van der Waals surface area contributed by atoms with Crippen LogP contribution < -0.4 is 15.4 Å². The lowest BCUT2D eigenvalue weighted by Crippen LogP contribution is -2.51. The van der Waals surface area contributed by atoms with E-state index in [0.29, 0.717) is 13.0 Å². The molecule has 1 aromatic rings. The zero-order valence-electron chi connectivity index (χ0n) is 10.4. The number of carbonyl (C=O) groups is 1. The maximum Gasteiger partial charge on any atom is 0.387 e. The normalized spacial score (nSPS) is 15.1. The molecule has 1 heterocycles. The highest BCUT2D eigenvalue weighted by molar-refractivity contribution is 5.79. The van der Waals surface area contributed by atoms with Gasteiger partial charge >= 0.3 is 6.61 Å². The standard InChI is InChI=1S/C13H16F2N2O2/c14-13(15)19-11-3-1-9(2-4-11)5-6-17-12(18)10-7-16-8-10/h1-4,10,13,16H,5-8H2,(H,17,18). The summed E-state index contributed by atoms with van der Waals surface area (Å²) in [6, 6.07) is 6.43. The van der Waals surface area contributed by atoms with Crippen molar-refractivity contribution in [2.24, 2.45) is 5.92 Å². The number of amides is 1. The maximum atomic E-state index is 12.0. The number of hydrogen-bond donors (Lipinski definition) is 2. The van der Waals surface area contributed by atoms with Crippen molar-refractivity contribution in [2.75, 3.05) is 19.6 Å². The number of halogens is 2. The highest BCUT2D eigenvalue weighted by atomic mass is 19.3. The third-order valence-electron chi connectivity index (χ3n) is 3.01. The average Bonchev–Trinajstić information content (AvgIpc) is 2.28. The van der Waals surface area contributed by atoms with Crippen LogP contribution in [0.2, 0.25) is 0 Å². The topological polar surface area (TPSA) is 50.4 Å². The van der Waals surface area contributed by atoms with Gasteiger partial charge in [-0.1, -0.05) is 12.1 Å². The van der Waals surface area contributed by atoms with Crippen LogP contribution in [-0.2, 0) is 11.2 Å². The number of ether oxygens (including phenoxy) is 1. The molecule has 0 unspecified atom stereocenters. The van der Waals surface area contributed by atoms with E-state index in [1.54, 1.807) is 12.1 Å². The van der Waals surface area contributed by atoms with Gasteiger partial charge in [0.1, 0.15) is 5.75 Å². The first-order valence-electron chi connectivity index (χ1n) is 6.17. The van der Waals surface area contributed by atoms with Crippen LogP contribution in [0.3, 0.4) is 0 Å². The second kappa shape index (κ2) is 6.47. The monoisotopic (exact) mass is 270 g/mol. The molecule has 0 radical (unpaired) electrons. The average molecular weight is 270 g/mol. The van der Waals surface area contributed by atoms with Crippen molar-refractivity contribution in [1.29, 1.82) is 0 Å².